The van der Waals surface area contributed by atoms with E-state index in [-0.39, 0.29) is 12.8 Å². The molecule has 1 fully saturated rings. The summed E-state index contributed by atoms with van der Waals surface area (Å²) >= 11 is 0. The molecular formula is C17H22F3N. The summed E-state index contributed by atoms with van der Waals surface area (Å²) in [5, 5.41) is 0. The van der Waals surface area contributed by atoms with Crippen LogP contribution in [0.3, 0.4) is 0 Å². The van der Waals surface area contributed by atoms with Crippen LogP contribution in [0, 0.1) is 5.92 Å². The highest BCUT2D eigenvalue weighted by atomic mass is 19.4. The maximum atomic E-state index is 12.9. The summed E-state index contributed by atoms with van der Waals surface area (Å²) in [6.45, 7) is 0. The van der Waals surface area contributed by atoms with Crippen molar-refractivity contribution in [3.63, 3.8) is 0 Å². The number of aryl methyl sites for hydroxylation is 2. The van der Waals surface area contributed by atoms with Crippen molar-refractivity contribution in [1.82, 2.24) is 0 Å². The molecule has 1 aromatic carbocycles. The van der Waals surface area contributed by atoms with Gasteiger partial charge in [-0.1, -0.05) is 24.6 Å². The molecule has 21 heavy (non-hydrogen) atoms. The first kappa shape index (κ1) is 14.9. The van der Waals surface area contributed by atoms with Crippen LogP contribution in [0.1, 0.15) is 48.8 Å². The molecule has 0 aromatic heterocycles. The Morgan fingerprint density at radius 3 is 2.67 bits per heavy atom. The number of benzene rings is 1. The highest BCUT2D eigenvalue weighted by Crippen LogP contribution is 2.42. The zero-order chi connectivity index (χ0) is 15.1. The van der Waals surface area contributed by atoms with Crippen molar-refractivity contribution in [1.29, 1.82) is 0 Å². The number of hydrogen-bond donors (Lipinski definition) is 1. The molecule has 2 aliphatic carbocycles. The van der Waals surface area contributed by atoms with Crippen LogP contribution in [0.25, 0.3) is 0 Å². The van der Waals surface area contributed by atoms with Crippen LogP contribution in [0.15, 0.2) is 18.2 Å². The Morgan fingerprint density at radius 2 is 1.90 bits per heavy atom. The molecule has 0 amide bonds. The van der Waals surface area contributed by atoms with Gasteiger partial charge in [0.1, 0.15) is 0 Å². The summed E-state index contributed by atoms with van der Waals surface area (Å²) in [6.07, 6.45) is 1.41. The molecule has 2 atom stereocenters. The predicted octanol–water partition coefficient (Wildman–Crippen LogP) is 4.17. The number of nitrogens with two attached hydrogens (primary N) is 1. The normalized spacial score (nSPS) is 29.4. The van der Waals surface area contributed by atoms with Crippen LogP contribution in [-0.2, 0) is 19.3 Å². The molecule has 2 N–H and O–H groups in total. The fraction of sp³-hybridized carbons (Fsp3) is 0.647. The molecule has 3 rings (SSSR count). The molecule has 0 saturated heterocycles. The molecule has 0 aliphatic heterocycles. The van der Waals surface area contributed by atoms with Crippen molar-refractivity contribution >= 4 is 0 Å². The number of fused-ring (bicyclic) bond motifs is 1. The average molecular weight is 297 g/mol. The van der Waals surface area contributed by atoms with Gasteiger partial charge < -0.3 is 5.73 Å². The minimum absolute atomic E-state index is 0.0631. The van der Waals surface area contributed by atoms with Crippen molar-refractivity contribution in [3.8, 4) is 0 Å². The smallest absolute Gasteiger partial charge is 0.325 e. The third-order valence-corrected chi connectivity index (χ3v) is 5.06. The fourth-order valence-electron chi connectivity index (χ4n) is 3.98. The van der Waals surface area contributed by atoms with Crippen molar-refractivity contribution in [2.24, 2.45) is 11.7 Å². The topological polar surface area (TPSA) is 26.0 Å². The number of hydrogen-bond acceptors (Lipinski definition) is 1. The molecule has 2 unspecified atom stereocenters. The van der Waals surface area contributed by atoms with Gasteiger partial charge in [-0.2, -0.15) is 13.2 Å². The Hall–Kier alpha value is -1.03. The predicted molar refractivity (Wildman–Crippen MR) is 77.1 cm³/mol. The maximum Gasteiger partial charge on any atom is 0.391 e. The highest BCUT2D eigenvalue weighted by Gasteiger charge is 2.46. The van der Waals surface area contributed by atoms with E-state index in [1.165, 1.54) is 17.5 Å². The van der Waals surface area contributed by atoms with Crippen LogP contribution >= 0.6 is 0 Å². The maximum absolute atomic E-state index is 12.9. The molecule has 1 nitrogen and oxygen atoms in total. The molecule has 0 bridgehead atoms. The van der Waals surface area contributed by atoms with E-state index in [0.717, 1.165) is 18.4 Å². The average Bonchev–Trinajstić information content (AvgIpc) is 2.84. The monoisotopic (exact) mass is 297 g/mol. The second-order valence-corrected chi connectivity index (χ2v) is 6.83. The van der Waals surface area contributed by atoms with E-state index >= 15 is 0 Å². The van der Waals surface area contributed by atoms with Gasteiger partial charge in [0, 0.05) is 5.54 Å². The third kappa shape index (κ3) is 3.25. The molecule has 0 heterocycles. The van der Waals surface area contributed by atoms with Gasteiger partial charge in [-0.3, -0.25) is 0 Å². The second kappa shape index (κ2) is 5.31. The van der Waals surface area contributed by atoms with E-state index in [1.807, 2.05) is 0 Å². The molecule has 116 valence electrons. The van der Waals surface area contributed by atoms with Crippen molar-refractivity contribution in [3.05, 3.63) is 34.9 Å². The van der Waals surface area contributed by atoms with Gasteiger partial charge in [0.25, 0.3) is 0 Å². The zero-order valence-corrected chi connectivity index (χ0v) is 12.2. The largest absolute Gasteiger partial charge is 0.391 e. The first-order chi connectivity index (χ1) is 9.86. The van der Waals surface area contributed by atoms with E-state index in [4.69, 9.17) is 5.73 Å². The van der Waals surface area contributed by atoms with Crippen LogP contribution in [0.5, 0.6) is 0 Å². The molecule has 1 aromatic rings. The molecule has 2 aliphatic rings. The molecule has 0 radical (unpaired) electrons. The molecule has 0 spiro atoms. The lowest BCUT2D eigenvalue weighted by Gasteiger charge is -2.39. The Bertz CT molecular complexity index is 523. The van der Waals surface area contributed by atoms with Gasteiger partial charge >= 0.3 is 6.18 Å². The van der Waals surface area contributed by atoms with Gasteiger partial charge in [0.2, 0.25) is 0 Å². The summed E-state index contributed by atoms with van der Waals surface area (Å²) in [7, 11) is 0. The minimum Gasteiger partial charge on any atom is -0.325 e. The lowest BCUT2D eigenvalue weighted by Crippen LogP contribution is -2.48. The van der Waals surface area contributed by atoms with Gasteiger partial charge in [0.05, 0.1) is 5.92 Å². The van der Waals surface area contributed by atoms with Crippen LogP contribution < -0.4 is 5.73 Å². The second-order valence-electron chi connectivity index (χ2n) is 6.83. The van der Waals surface area contributed by atoms with Gasteiger partial charge in [-0.15, -0.1) is 0 Å². The SMILES string of the molecule is NC1(Cc2ccc3c(c2)CCC3)CCCC(C(F)(F)F)C1. The highest BCUT2D eigenvalue weighted by molar-refractivity contribution is 5.36. The van der Waals surface area contributed by atoms with E-state index < -0.39 is 17.6 Å². The van der Waals surface area contributed by atoms with Crippen molar-refractivity contribution < 1.29 is 13.2 Å². The Kier molecular flexibility index (Phi) is 3.76. The molecule has 4 heteroatoms. The first-order valence-corrected chi connectivity index (χ1v) is 7.82. The van der Waals surface area contributed by atoms with E-state index in [9.17, 15) is 13.2 Å². The number of rotatable bonds is 2. The van der Waals surface area contributed by atoms with Crippen LogP contribution in [0.4, 0.5) is 13.2 Å². The quantitative estimate of drug-likeness (QED) is 0.871. The summed E-state index contributed by atoms with van der Waals surface area (Å²) < 4.78 is 38.8. The Morgan fingerprint density at radius 1 is 1.14 bits per heavy atom. The van der Waals surface area contributed by atoms with Crippen molar-refractivity contribution in [2.45, 2.75) is 63.1 Å². The molecule has 1 saturated carbocycles. The first-order valence-electron chi connectivity index (χ1n) is 7.82. The van der Waals surface area contributed by atoms with E-state index in [1.54, 1.807) is 0 Å². The van der Waals surface area contributed by atoms with Crippen LogP contribution in [0.2, 0.25) is 0 Å². The number of alkyl halides is 3. The summed E-state index contributed by atoms with van der Waals surface area (Å²) in [4.78, 5) is 0. The van der Waals surface area contributed by atoms with Crippen molar-refractivity contribution in [2.75, 3.05) is 0 Å². The summed E-state index contributed by atoms with van der Waals surface area (Å²) in [5.41, 5.74) is 9.47. The summed E-state index contributed by atoms with van der Waals surface area (Å²) in [5.74, 6) is -1.23. The van der Waals surface area contributed by atoms with Crippen LogP contribution in [-0.4, -0.2) is 11.7 Å². The third-order valence-electron chi connectivity index (χ3n) is 5.06. The van der Waals surface area contributed by atoms with E-state index in [0.29, 0.717) is 19.3 Å². The lowest BCUT2D eigenvalue weighted by molar-refractivity contribution is -0.187. The Balaban J connectivity index is 1.74. The summed E-state index contributed by atoms with van der Waals surface area (Å²) in [6, 6.07) is 6.34. The number of halogens is 3. The Labute approximate surface area is 123 Å². The molecular weight excluding hydrogens is 275 g/mol. The standard InChI is InChI=1S/C17H22F3N/c18-17(19,20)15-5-2-8-16(21,11-15)10-12-6-7-13-3-1-4-14(13)9-12/h6-7,9,15H,1-5,8,10-11,21H2. The van der Waals surface area contributed by atoms with Gasteiger partial charge in [-0.25, -0.2) is 0 Å². The van der Waals surface area contributed by atoms with Gasteiger partial charge in [0.15, 0.2) is 0 Å². The lowest BCUT2D eigenvalue weighted by atomic mass is 9.73. The minimum atomic E-state index is -4.11. The van der Waals surface area contributed by atoms with Gasteiger partial charge in [-0.05, 0) is 61.6 Å². The fourth-order valence-corrected chi connectivity index (χ4v) is 3.98. The zero-order valence-electron chi connectivity index (χ0n) is 12.2. The van der Waals surface area contributed by atoms with E-state index in [2.05, 4.69) is 18.2 Å².